The molecule has 0 radical (unpaired) electrons. The highest BCUT2D eigenvalue weighted by Gasteiger charge is 2.38. The molecule has 1 atom stereocenters. The molecule has 1 aromatic rings. The molecule has 114 valence electrons. The van der Waals surface area contributed by atoms with Crippen molar-refractivity contribution < 1.29 is 14.7 Å². The molecule has 1 heterocycles. The first-order valence-corrected chi connectivity index (χ1v) is 7.33. The van der Waals surface area contributed by atoms with Gasteiger partial charge in [0.1, 0.15) is 5.92 Å². The van der Waals surface area contributed by atoms with Crippen LogP contribution in [-0.2, 0) is 9.59 Å². The van der Waals surface area contributed by atoms with Crippen molar-refractivity contribution in [3.63, 3.8) is 0 Å². The van der Waals surface area contributed by atoms with Crippen LogP contribution in [0, 0.1) is 5.92 Å². The van der Waals surface area contributed by atoms with Crippen molar-refractivity contribution in [2.24, 2.45) is 5.92 Å². The van der Waals surface area contributed by atoms with Gasteiger partial charge in [-0.25, -0.2) is 0 Å². The number of carbonyl (C=O) groups is 2. The van der Waals surface area contributed by atoms with Crippen molar-refractivity contribution in [3.05, 3.63) is 28.2 Å². The van der Waals surface area contributed by atoms with Crippen LogP contribution in [0.25, 0.3) is 0 Å². The molecule has 1 N–H and O–H groups in total. The largest absolute Gasteiger partial charge is 0.395 e. The summed E-state index contributed by atoms with van der Waals surface area (Å²) in [5, 5.41) is 9.65. The van der Waals surface area contributed by atoms with E-state index < -0.39 is 5.92 Å². The van der Waals surface area contributed by atoms with Crippen LogP contribution in [0.1, 0.15) is 6.42 Å². The van der Waals surface area contributed by atoms with Crippen molar-refractivity contribution in [2.45, 2.75) is 6.42 Å². The first-order valence-electron chi connectivity index (χ1n) is 6.58. The molecule has 0 bridgehead atoms. The van der Waals surface area contributed by atoms with E-state index >= 15 is 0 Å². The van der Waals surface area contributed by atoms with Gasteiger partial charge < -0.3 is 14.9 Å². The maximum atomic E-state index is 12.4. The van der Waals surface area contributed by atoms with Crippen LogP contribution < -0.4 is 4.90 Å². The molecular formula is C14H16Cl2N2O3. The fourth-order valence-corrected chi connectivity index (χ4v) is 2.64. The summed E-state index contributed by atoms with van der Waals surface area (Å²) in [6, 6.07) is 4.95. The average molecular weight is 331 g/mol. The Bertz CT molecular complexity index is 565. The van der Waals surface area contributed by atoms with Crippen molar-refractivity contribution in [1.29, 1.82) is 0 Å². The SMILES string of the molecule is CN(CCO)C(=O)C1CCN(c2ccc(Cl)c(Cl)c2)C1=O. The van der Waals surface area contributed by atoms with Crippen LogP contribution in [0.4, 0.5) is 5.69 Å². The van der Waals surface area contributed by atoms with E-state index in [1.165, 1.54) is 9.80 Å². The van der Waals surface area contributed by atoms with E-state index in [9.17, 15) is 9.59 Å². The number of hydrogen-bond donors (Lipinski definition) is 1. The standard InChI is InChI=1S/C14H16Cl2N2O3/c1-17(6-7-19)13(20)10-4-5-18(14(10)21)9-2-3-11(15)12(16)8-9/h2-3,8,10,19H,4-7H2,1H3. The fourth-order valence-electron chi connectivity index (χ4n) is 2.34. The summed E-state index contributed by atoms with van der Waals surface area (Å²) in [4.78, 5) is 27.5. The summed E-state index contributed by atoms with van der Waals surface area (Å²) >= 11 is 11.8. The number of aliphatic hydroxyl groups is 1. The molecule has 7 heteroatoms. The number of nitrogens with zero attached hydrogens (tertiary/aromatic N) is 2. The molecule has 0 spiro atoms. The monoisotopic (exact) mass is 330 g/mol. The zero-order chi connectivity index (χ0) is 15.6. The summed E-state index contributed by atoms with van der Waals surface area (Å²) in [6.45, 7) is 0.551. The Balaban J connectivity index is 2.14. The lowest BCUT2D eigenvalue weighted by atomic mass is 10.1. The first-order chi connectivity index (χ1) is 9.95. The first kappa shape index (κ1) is 16.1. The predicted molar refractivity (Wildman–Crippen MR) is 81.6 cm³/mol. The van der Waals surface area contributed by atoms with Crippen LogP contribution in [-0.4, -0.2) is 48.6 Å². The molecule has 0 aliphatic carbocycles. The molecule has 21 heavy (non-hydrogen) atoms. The normalized spacial score (nSPS) is 18.2. The lowest BCUT2D eigenvalue weighted by Gasteiger charge is -2.20. The maximum Gasteiger partial charge on any atom is 0.239 e. The highest BCUT2D eigenvalue weighted by molar-refractivity contribution is 6.42. The molecule has 1 aliphatic heterocycles. The molecular weight excluding hydrogens is 315 g/mol. The number of halogens is 2. The van der Waals surface area contributed by atoms with E-state index in [0.717, 1.165) is 0 Å². The minimum Gasteiger partial charge on any atom is -0.395 e. The Hall–Kier alpha value is -1.30. The quantitative estimate of drug-likeness (QED) is 0.856. The van der Waals surface area contributed by atoms with Gasteiger partial charge in [0.2, 0.25) is 11.8 Å². The van der Waals surface area contributed by atoms with Crippen molar-refractivity contribution in [3.8, 4) is 0 Å². The van der Waals surface area contributed by atoms with Gasteiger partial charge in [0, 0.05) is 25.8 Å². The van der Waals surface area contributed by atoms with Gasteiger partial charge in [-0.2, -0.15) is 0 Å². The number of amides is 2. The lowest BCUT2D eigenvalue weighted by molar-refractivity contribution is -0.139. The van der Waals surface area contributed by atoms with Crippen LogP contribution in [0.5, 0.6) is 0 Å². The number of benzene rings is 1. The second kappa shape index (κ2) is 6.64. The Morgan fingerprint density at radius 3 is 2.76 bits per heavy atom. The number of rotatable bonds is 4. The molecule has 2 rings (SSSR count). The minimum absolute atomic E-state index is 0.125. The van der Waals surface area contributed by atoms with Gasteiger partial charge >= 0.3 is 0 Å². The summed E-state index contributed by atoms with van der Waals surface area (Å²) in [5.41, 5.74) is 0.634. The number of likely N-dealkylation sites (N-methyl/N-ethyl adjacent to an activating group) is 1. The van der Waals surface area contributed by atoms with Crippen LogP contribution >= 0.6 is 23.2 Å². The van der Waals surface area contributed by atoms with E-state index in [1.807, 2.05) is 0 Å². The lowest BCUT2D eigenvalue weighted by Crippen LogP contribution is -2.39. The third kappa shape index (κ3) is 3.31. The van der Waals surface area contributed by atoms with Crippen LogP contribution in [0.3, 0.4) is 0 Å². The molecule has 0 saturated carbocycles. The van der Waals surface area contributed by atoms with Gasteiger partial charge in [-0.3, -0.25) is 9.59 Å². The van der Waals surface area contributed by atoms with Crippen molar-refractivity contribution in [2.75, 3.05) is 31.6 Å². The molecule has 5 nitrogen and oxygen atoms in total. The van der Waals surface area contributed by atoms with Gasteiger partial charge in [0.05, 0.1) is 16.7 Å². The third-order valence-electron chi connectivity index (χ3n) is 3.53. The molecule has 2 amide bonds. The summed E-state index contributed by atoms with van der Waals surface area (Å²) < 4.78 is 0. The topological polar surface area (TPSA) is 60.9 Å². The highest BCUT2D eigenvalue weighted by Crippen LogP contribution is 2.31. The summed E-state index contributed by atoms with van der Waals surface area (Å²) in [7, 11) is 1.58. The van der Waals surface area contributed by atoms with E-state index in [4.69, 9.17) is 28.3 Å². The average Bonchev–Trinajstić information content (AvgIpc) is 2.83. The van der Waals surface area contributed by atoms with E-state index in [0.29, 0.717) is 28.7 Å². The fraction of sp³-hybridized carbons (Fsp3) is 0.429. The van der Waals surface area contributed by atoms with Gasteiger partial charge in [0.25, 0.3) is 0 Å². The predicted octanol–water partition coefficient (Wildman–Crippen LogP) is 1.80. The zero-order valence-electron chi connectivity index (χ0n) is 11.6. The highest BCUT2D eigenvalue weighted by atomic mass is 35.5. The van der Waals surface area contributed by atoms with E-state index in [1.54, 1.807) is 25.2 Å². The van der Waals surface area contributed by atoms with Gasteiger partial charge in [-0.15, -0.1) is 0 Å². The number of carbonyl (C=O) groups excluding carboxylic acids is 2. The Morgan fingerprint density at radius 2 is 2.14 bits per heavy atom. The third-order valence-corrected chi connectivity index (χ3v) is 4.27. The van der Waals surface area contributed by atoms with Gasteiger partial charge in [-0.05, 0) is 24.6 Å². The van der Waals surface area contributed by atoms with Gasteiger partial charge in [0.15, 0.2) is 0 Å². The second-order valence-electron chi connectivity index (χ2n) is 4.91. The van der Waals surface area contributed by atoms with Gasteiger partial charge in [-0.1, -0.05) is 23.2 Å². The zero-order valence-corrected chi connectivity index (χ0v) is 13.1. The van der Waals surface area contributed by atoms with E-state index in [-0.39, 0.29) is 25.0 Å². The molecule has 0 aromatic heterocycles. The Kier molecular flexibility index (Phi) is 5.08. The molecule has 1 saturated heterocycles. The summed E-state index contributed by atoms with van der Waals surface area (Å²) in [6.07, 6.45) is 0.452. The Morgan fingerprint density at radius 1 is 1.43 bits per heavy atom. The molecule has 1 aliphatic rings. The van der Waals surface area contributed by atoms with Crippen molar-refractivity contribution in [1.82, 2.24) is 4.90 Å². The van der Waals surface area contributed by atoms with Crippen molar-refractivity contribution >= 4 is 40.7 Å². The molecule has 1 aromatic carbocycles. The number of anilines is 1. The molecule has 1 fully saturated rings. The smallest absolute Gasteiger partial charge is 0.239 e. The molecule has 1 unspecified atom stereocenters. The number of hydrogen-bond acceptors (Lipinski definition) is 3. The second-order valence-corrected chi connectivity index (χ2v) is 5.73. The van der Waals surface area contributed by atoms with Crippen LogP contribution in [0.2, 0.25) is 10.0 Å². The number of aliphatic hydroxyl groups excluding tert-OH is 1. The maximum absolute atomic E-state index is 12.4. The van der Waals surface area contributed by atoms with E-state index in [2.05, 4.69) is 0 Å². The van der Waals surface area contributed by atoms with Crippen LogP contribution in [0.15, 0.2) is 18.2 Å². The summed E-state index contributed by atoms with van der Waals surface area (Å²) in [5.74, 6) is -1.21. The Labute approximate surface area is 133 Å². The minimum atomic E-state index is -0.698.